The Balaban J connectivity index is 3.08. The number of ketones is 1. The lowest BCUT2D eigenvalue weighted by molar-refractivity contribution is -0.130. The summed E-state index contributed by atoms with van der Waals surface area (Å²) in [4.78, 5) is 12.6. The van der Waals surface area contributed by atoms with Gasteiger partial charge in [0.2, 0.25) is 0 Å². The molecule has 0 aromatic rings. The summed E-state index contributed by atoms with van der Waals surface area (Å²) in [5, 5.41) is 20.3. The van der Waals surface area contributed by atoms with Crippen LogP contribution in [0.2, 0.25) is 0 Å². The van der Waals surface area contributed by atoms with Gasteiger partial charge in [-0.1, -0.05) is 44.6 Å². The predicted molar refractivity (Wildman–Crippen MR) is 95.1 cm³/mol. The van der Waals surface area contributed by atoms with E-state index in [9.17, 15) is 15.0 Å². The fourth-order valence-electron chi connectivity index (χ4n) is 3.01. The lowest BCUT2D eigenvalue weighted by Crippen LogP contribution is -2.32. The Labute approximate surface area is 141 Å². The first-order valence-corrected chi connectivity index (χ1v) is 8.81. The van der Waals surface area contributed by atoms with Gasteiger partial charge < -0.3 is 10.2 Å². The van der Waals surface area contributed by atoms with E-state index in [0.717, 1.165) is 18.4 Å². The zero-order chi connectivity index (χ0) is 17.7. The van der Waals surface area contributed by atoms with E-state index in [1.54, 1.807) is 0 Å². The minimum Gasteiger partial charge on any atom is -0.395 e. The van der Waals surface area contributed by atoms with Crippen molar-refractivity contribution < 1.29 is 15.0 Å². The van der Waals surface area contributed by atoms with Crippen LogP contribution in [0, 0.1) is 17.3 Å². The fraction of sp³-hybridized carbons (Fsp3) is 0.750. The number of rotatable bonds is 2. The topological polar surface area (TPSA) is 57.5 Å². The standard InChI is InChI=1S/C20H34O3/c1-15(2)17-8-11-19(4,14-21)18(22)13-16(3)7-6-10-20(5,23)12-9-17/h7,9,12,15,17,21,23H,6,8,10-11,13-14H2,1-5H3/b12-9+,16-7+/t17-,19-,20-/m1/s1. The maximum Gasteiger partial charge on any atom is 0.145 e. The average Bonchev–Trinajstić information content (AvgIpc) is 2.45. The van der Waals surface area contributed by atoms with Crippen LogP contribution in [-0.4, -0.2) is 28.2 Å². The molecule has 0 saturated heterocycles. The summed E-state index contributed by atoms with van der Waals surface area (Å²) in [5.41, 5.74) is -0.469. The summed E-state index contributed by atoms with van der Waals surface area (Å²) in [5.74, 6) is 0.853. The zero-order valence-electron chi connectivity index (χ0n) is 15.4. The number of hydrogen-bond donors (Lipinski definition) is 2. The van der Waals surface area contributed by atoms with Gasteiger partial charge in [0.1, 0.15) is 5.78 Å². The van der Waals surface area contributed by atoms with Gasteiger partial charge in [-0.2, -0.15) is 0 Å². The minimum atomic E-state index is -0.817. The maximum absolute atomic E-state index is 12.6. The van der Waals surface area contributed by atoms with Gasteiger partial charge in [0.05, 0.1) is 12.2 Å². The molecule has 0 spiro atoms. The SMILES string of the molecule is C/C1=C\CC[C@@](C)(O)/C=C/[C@H](C(C)C)CC[C@](C)(CO)C(=O)C1. The second-order valence-corrected chi connectivity index (χ2v) is 8.07. The van der Waals surface area contributed by atoms with Gasteiger partial charge >= 0.3 is 0 Å². The Kier molecular flexibility index (Phi) is 7.22. The van der Waals surface area contributed by atoms with E-state index in [-0.39, 0.29) is 12.4 Å². The molecule has 3 heteroatoms. The number of Topliss-reactive ketones (excluding diaryl/α,β-unsaturated/α-hetero) is 1. The van der Waals surface area contributed by atoms with Crippen molar-refractivity contribution in [2.24, 2.45) is 17.3 Å². The fourth-order valence-corrected chi connectivity index (χ4v) is 3.01. The third-order valence-corrected chi connectivity index (χ3v) is 5.19. The van der Waals surface area contributed by atoms with Gasteiger partial charge in [0, 0.05) is 11.8 Å². The summed E-state index contributed by atoms with van der Waals surface area (Å²) in [6, 6.07) is 0. The van der Waals surface area contributed by atoms with Crippen LogP contribution < -0.4 is 0 Å². The molecular formula is C20H34O3. The number of carbonyl (C=O) groups is 1. The Bertz CT molecular complexity index is 460. The molecular weight excluding hydrogens is 288 g/mol. The number of aliphatic hydroxyl groups is 2. The Morgan fingerprint density at radius 2 is 1.96 bits per heavy atom. The molecule has 0 unspecified atom stereocenters. The van der Waals surface area contributed by atoms with Crippen LogP contribution in [-0.2, 0) is 4.79 Å². The molecule has 0 fully saturated rings. The van der Waals surface area contributed by atoms with E-state index < -0.39 is 11.0 Å². The number of hydrogen-bond acceptors (Lipinski definition) is 3. The predicted octanol–water partition coefficient (Wildman–Crippen LogP) is 4.04. The van der Waals surface area contributed by atoms with E-state index in [4.69, 9.17) is 0 Å². The lowest BCUT2D eigenvalue weighted by atomic mass is 9.76. The third-order valence-electron chi connectivity index (χ3n) is 5.19. The number of carbonyl (C=O) groups excluding carboxylic acids is 1. The normalized spacial score (nSPS) is 38.2. The minimum absolute atomic E-state index is 0.106. The van der Waals surface area contributed by atoms with Crippen molar-refractivity contribution in [1.29, 1.82) is 0 Å². The molecule has 1 rings (SSSR count). The summed E-state index contributed by atoms with van der Waals surface area (Å²) >= 11 is 0. The van der Waals surface area contributed by atoms with E-state index in [2.05, 4.69) is 19.9 Å². The first kappa shape index (κ1) is 20.1. The molecule has 1 aliphatic rings. The van der Waals surface area contributed by atoms with Gasteiger partial charge in [0.15, 0.2) is 0 Å². The molecule has 1 aliphatic carbocycles. The second-order valence-electron chi connectivity index (χ2n) is 8.07. The molecule has 3 nitrogen and oxygen atoms in total. The van der Waals surface area contributed by atoms with Gasteiger partial charge in [-0.05, 0) is 51.4 Å². The van der Waals surface area contributed by atoms with Crippen molar-refractivity contribution in [2.75, 3.05) is 6.61 Å². The number of allylic oxidation sites excluding steroid dienone is 3. The van der Waals surface area contributed by atoms with Crippen molar-refractivity contribution in [1.82, 2.24) is 0 Å². The molecule has 0 aliphatic heterocycles. The van der Waals surface area contributed by atoms with Crippen molar-refractivity contribution in [2.45, 2.75) is 72.3 Å². The molecule has 0 saturated carbocycles. The monoisotopic (exact) mass is 322 g/mol. The van der Waals surface area contributed by atoms with Crippen molar-refractivity contribution in [3.05, 3.63) is 23.8 Å². The first-order valence-electron chi connectivity index (χ1n) is 8.81. The van der Waals surface area contributed by atoms with Gasteiger partial charge in [-0.15, -0.1) is 0 Å². The molecule has 0 radical (unpaired) electrons. The van der Waals surface area contributed by atoms with Crippen LogP contribution in [0.1, 0.15) is 66.7 Å². The molecule has 0 aromatic heterocycles. The Morgan fingerprint density at radius 3 is 2.52 bits per heavy atom. The van der Waals surface area contributed by atoms with Gasteiger partial charge in [-0.25, -0.2) is 0 Å². The van der Waals surface area contributed by atoms with Crippen molar-refractivity contribution >= 4 is 5.78 Å². The molecule has 0 amide bonds. The molecule has 0 heterocycles. The highest BCUT2D eigenvalue weighted by atomic mass is 16.3. The summed E-state index contributed by atoms with van der Waals surface area (Å²) in [6.07, 6.45) is 9.35. The van der Waals surface area contributed by atoms with Gasteiger partial charge in [-0.3, -0.25) is 4.79 Å². The zero-order valence-corrected chi connectivity index (χ0v) is 15.4. The van der Waals surface area contributed by atoms with E-state index >= 15 is 0 Å². The highest BCUT2D eigenvalue weighted by Gasteiger charge is 2.33. The number of aliphatic hydroxyl groups excluding tert-OH is 1. The van der Waals surface area contributed by atoms with E-state index in [1.165, 1.54) is 0 Å². The molecule has 3 atom stereocenters. The largest absolute Gasteiger partial charge is 0.395 e. The van der Waals surface area contributed by atoms with Gasteiger partial charge in [0.25, 0.3) is 0 Å². The third kappa shape index (κ3) is 6.23. The summed E-state index contributed by atoms with van der Waals surface area (Å²) in [6.45, 7) is 9.88. The van der Waals surface area contributed by atoms with Crippen molar-refractivity contribution in [3.63, 3.8) is 0 Å². The van der Waals surface area contributed by atoms with E-state index in [1.807, 2.05) is 32.9 Å². The highest BCUT2D eigenvalue weighted by molar-refractivity contribution is 5.86. The Morgan fingerprint density at radius 1 is 1.30 bits per heavy atom. The molecule has 132 valence electrons. The van der Waals surface area contributed by atoms with Crippen LogP contribution >= 0.6 is 0 Å². The van der Waals surface area contributed by atoms with Crippen LogP contribution in [0.4, 0.5) is 0 Å². The van der Waals surface area contributed by atoms with Crippen LogP contribution in [0.3, 0.4) is 0 Å². The second kappa shape index (κ2) is 8.25. The summed E-state index contributed by atoms with van der Waals surface area (Å²) < 4.78 is 0. The smallest absolute Gasteiger partial charge is 0.145 e. The Hall–Kier alpha value is -0.930. The summed E-state index contributed by atoms with van der Waals surface area (Å²) in [7, 11) is 0. The molecule has 0 aromatic carbocycles. The maximum atomic E-state index is 12.6. The molecule has 23 heavy (non-hydrogen) atoms. The van der Waals surface area contributed by atoms with Crippen LogP contribution in [0.5, 0.6) is 0 Å². The van der Waals surface area contributed by atoms with Crippen LogP contribution in [0.15, 0.2) is 23.8 Å². The van der Waals surface area contributed by atoms with Crippen LogP contribution in [0.25, 0.3) is 0 Å². The quantitative estimate of drug-likeness (QED) is 0.754. The lowest BCUT2D eigenvalue weighted by Gasteiger charge is -2.29. The molecule has 2 N–H and O–H groups in total. The average molecular weight is 322 g/mol. The van der Waals surface area contributed by atoms with E-state index in [0.29, 0.717) is 31.1 Å². The van der Waals surface area contributed by atoms with Crippen molar-refractivity contribution in [3.8, 4) is 0 Å². The first-order chi connectivity index (χ1) is 10.6. The highest BCUT2D eigenvalue weighted by Crippen LogP contribution is 2.32. The molecule has 0 bridgehead atoms.